The molecule has 8 N–H and O–H groups in total. The molecule has 0 spiro atoms. The molecule has 0 saturated carbocycles. The van der Waals surface area contributed by atoms with Crippen molar-refractivity contribution < 1.29 is 48.5 Å². The Morgan fingerprint density at radius 1 is 0.692 bits per heavy atom. The van der Waals surface area contributed by atoms with Crippen LogP contribution in [0.15, 0.2) is 0 Å². The molecule has 0 aliphatic carbocycles. The number of ether oxygens (including phenoxy) is 2. The van der Waals surface area contributed by atoms with Crippen LogP contribution in [0.5, 0.6) is 0 Å². The summed E-state index contributed by atoms with van der Waals surface area (Å²) in [5.41, 5.74) is 15.6. The van der Waals surface area contributed by atoms with Crippen LogP contribution in [0.3, 0.4) is 0 Å². The van der Waals surface area contributed by atoms with Crippen molar-refractivity contribution in [2.75, 3.05) is 0 Å². The van der Waals surface area contributed by atoms with Crippen LogP contribution in [0.1, 0.15) is 25.7 Å². The number of hydrogen-bond acceptors (Lipinski definition) is 11. The van der Waals surface area contributed by atoms with Crippen molar-refractivity contribution in [3.8, 4) is 0 Å². The SMILES string of the molecule is N[C@@H](CC(=O)OC(=O)CC[C@H](N)C(=O)OC(=O)C[C@H](N)C(=O)O)C(=O)O. The standard InChI is InChI=1S/C13H19N3O10/c14-5(13(24)26-10(19)4-7(16)12(22)23)1-2-8(17)25-9(18)3-6(15)11(20)21/h5-7H,1-4,14-16H2,(H,20,21)(H,22,23)/t5-,6-,7-/m0/s1. The molecule has 0 aromatic carbocycles. The second-order valence-electron chi connectivity index (χ2n) is 5.08. The highest BCUT2D eigenvalue weighted by atomic mass is 16.6. The van der Waals surface area contributed by atoms with E-state index in [1.807, 2.05) is 0 Å². The summed E-state index contributed by atoms with van der Waals surface area (Å²) in [5, 5.41) is 17.0. The number of hydrogen-bond donors (Lipinski definition) is 5. The molecule has 0 aromatic heterocycles. The summed E-state index contributed by atoms with van der Waals surface area (Å²) in [6, 6.07) is -4.51. The van der Waals surface area contributed by atoms with Crippen LogP contribution in [-0.2, 0) is 38.2 Å². The Hall–Kier alpha value is -2.90. The van der Waals surface area contributed by atoms with Gasteiger partial charge in [0.2, 0.25) is 0 Å². The third-order valence-electron chi connectivity index (χ3n) is 2.81. The number of esters is 4. The molecule has 26 heavy (non-hydrogen) atoms. The Morgan fingerprint density at radius 3 is 1.54 bits per heavy atom. The number of nitrogens with two attached hydrogens (primary N) is 3. The third kappa shape index (κ3) is 9.41. The van der Waals surface area contributed by atoms with Gasteiger partial charge in [0.25, 0.3) is 0 Å². The quantitative estimate of drug-likeness (QED) is 0.187. The minimum absolute atomic E-state index is 0.353. The van der Waals surface area contributed by atoms with Gasteiger partial charge in [-0.2, -0.15) is 0 Å². The molecule has 0 rings (SSSR count). The lowest BCUT2D eigenvalue weighted by molar-refractivity contribution is -0.162. The number of aliphatic carboxylic acids is 2. The van der Waals surface area contributed by atoms with Gasteiger partial charge in [0, 0.05) is 6.42 Å². The summed E-state index contributed by atoms with van der Waals surface area (Å²) < 4.78 is 8.56. The summed E-state index contributed by atoms with van der Waals surface area (Å²) in [5.74, 6) is -7.60. The monoisotopic (exact) mass is 377 g/mol. The minimum Gasteiger partial charge on any atom is -0.480 e. The zero-order chi connectivity index (χ0) is 20.4. The van der Waals surface area contributed by atoms with Crippen LogP contribution >= 0.6 is 0 Å². The first kappa shape index (κ1) is 23.1. The van der Waals surface area contributed by atoms with Crippen molar-refractivity contribution >= 4 is 35.8 Å². The van der Waals surface area contributed by atoms with E-state index in [1.165, 1.54) is 0 Å². The fourth-order valence-corrected chi connectivity index (χ4v) is 1.37. The van der Waals surface area contributed by atoms with Gasteiger partial charge in [-0.1, -0.05) is 0 Å². The van der Waals surface area contributed by atoms with E-state index < -0.39 is 73.2 Å². The molecule has 0 unspecified atom stereocenters. The van der Waals surface area contributed by atoms with Crippen molar-refractivity contribution in [3.63, 3.8) is 0 Å². The lowest BCUT2D eigenvalue weighted by Gasteiger charge is -2.11. The maximum Gasteiger partial charge on any atom is 0.330 e. The van der Waals surface area contributed by atoms with Gasteiger partial charge < -0.3 is 36.9 Å². The minimum atomic E-state index is -1.55. The van der Waals surface area contributed by atoms with Gasteiger partial charge in [-0.3, -0.25) is 24.0 Å². The van der Waals surface area contributed by atoms with E-state index in [-0.39, 0.29) is 6.42 Å². The predicted molar refractivity (Wildman–Crippen MR) is 79.9 cm³/mol. The molecule has 0 aliphatic heterocycles. The molecular formula is C13H19N3O10. The van der Waals surface area contributed by atoms with Crippen molar-refractivity contribution in [3.05, 3.63) is 0 Å². The van der Waals surface area contributed by atoms with Crippen molar-refractivity contribution in [1.29, 1.82) is 0 Å². The maximum absolute atomic E-state index is 11.5. The van der Waals surface area contributed by atoms with E-state index in [9.17, 15) is 28.8 Å². The highest BCUT2D eigenvalue weighted by Crippen LogP contribution is 2.03. The van der Waals surface area contributed by atoms with Crippen molar-refractivity contribution in [2.45, 2.75) is 43.8 Å². The van der Waals surface area contributed by atoms with Crippen LogP contribution in [0.4, 0.5) is 0 Å². The first-order valence-corrected chi connectivity index (χ1v) is 7.14. The van der Waals surface area contributed by atoms with Crippen LogP contribution in [0.25, 0.3) is 0 Å². The van der Waals surface area contributed by atoms with Gasteiger partial charge in [-0.05, 0) is 6.42 Å². The first-order valence-electron chi connectivity index (χ1n) is 7.14. The van der Waals surface area contributed by atoms with E-state index in [2.05, 4.69) is 9.47 Å². The highest BCUT2D eigenvalue weighted by Gasteiger charge is 2.24. The molecule has 0 bridgehead atoms. The lowest BCUT2D eigenvalue weighted by Crippen LogP contribution is -2.38. The first-order chi connectivity index (χ1) is 11.9. The molecule has 13 nitrogen and oxygen atoms in total. The average Bonchev–Trinajstić information content (AvgIpc) is 2.51. The topological polar surface area (TPSA) is 239 Å². The van der Waals surface area contributed by atoms with Crippen molar-refractivity contribution in [2.24, 2.45) is 17.2 Å². The summed E-state index contributed by atoms with van der Waals surface area (Å²) in [6.45, 7) is 0. The fourth-order valence-electron chi connectivity index (χ4n) is 1.37. The van der Waals surface area contributed by atoms with Crippen LogP contribution < -0.4 is 17.2 Å². The molecule has 146 valence electrons. The zero-order valence-electron chi connectivity index (χ0n) is 13.5. The average molecular weight is 377 g/mol. The Morgan fingerprint density at radius 2 is 1.12 bits per heavy atom. The molecule has 0 radical (unpaired) electrons. The second kappa shape index (κ2) is 10.9. The fraction of sp³-hybridized carbons (Fsp3) is 0.538. The number of carbonyl (C=O) groups is 6. The summed E-state index contributed by atoms with van der Waals surface area (Å²) >= 11 is 0. The predicted octanol–water partition coefficient (Wildman–Crippen LogP) is -3.16. The summed E-state index contributed by atoms with van der Waals surface area (Å²) in [6.07, 6.45) is -2.34. The van der Waals surface area contributed by atoms with Gasteiger partial charge in [0.1, 0.15) is 18.1 Å². The van der Waals surface area contributed by atoms with Crippen molar-refractivity contribution in [1.82, 2.24) is 0 Å². The molecule has 0 aromatic rings. The maximum atomic E-state index is 11.5. The summed E-state index contributed by atoms with van der Waals surface area (Å²) in [4.78, 5) is 66.3. The molecule has 3 atom stereocenters. The van der Waals surface area contributed by atoms with E-state index in [4.69, 9.17) is 27.4 Å². The van der Waals surface area contributed by atoms with Gasteiger partial charge in [-0.25, -0.2) is 4.79 Å². The molecule has 0 saturated heterocycles. The van der Waals surface area contributed by atoms with E-state index in [0.717, 1.165) is 0 Å². The molecular weight excluding hydrogens is 358 g/mol. The molecule has 13 heteroatoms. The number of carboxylic acids is 2. The molecule has 0 aliphatic rings. The zero-order valence-corrected chi connectivity index (χ0v) is 13.5. The summed E-state index contributed by atoms with van der Waals surface area (Å²) in [7, 11) is 0. The Balaban J connectivity index is 4.24. The van der Waals surface area contributed by atoms with Crippen LogP contribution in [0.2, 0.25) is 0 Å². The normalized spacial score (nSPS) is 13.8. The second-order valence-corrected chi connectivity index (χ2v) is 5.08. The molecule has 0 heterocycles. The Labute approximate surface area is 146 Å². The largest absolute Gasteiger partial charge is 0.480 e. The van der Waals surface area contributed by atoms with Gasteiger partial charge in [-0.15, -0.1) is 0 Å². The lowest BCUT2D eigenvalue weighted by atomic mass is 10.1. The number of rotatable bonds is 10. The smallest absolute Gasteiger partial charge is 0.330 e. The Kier molecular flexibility index (Phi) is 9.65. The number of carbonyl (C=O) groups excluding carboxylic acids is 4. The van der Waals surface area contributed by atoms with Crippen LogP contribution in [-0.4, -0.2) is 64.2 Å². The molecule has 0 fully saturated rings. The third-order valence-corrected chi connectivity index (χ3v) is 2.81. The van der Waals surface area contributed by atoms with Gasteiger partial charge in [0.05, 0.1) is 12.8 Å². The van der Waals surface area contributed by atoms with E-state index >= 15 is 0 Å². The molecule has 0 amide bonds. The van der Waals surface area contributed by atoms with Gasteiger partial charge in [0.15, 0.2) is 0 Å². The Bertz CT molecular complexity index is 591. The van der Waals surface area contributed by atoms with E-state index in [0.29, 0.717) is 0 Å². The number of carboxylic acid groups (broad SMARTS) is 2. The highest BCUT2D eigenvalue weighted by molar-refractivity contribution is 5.91. The van der Waals surface area contributed by atoms with E-state index in [1.54, 1.807) is 0 Å². The van der Waals surface area contributed by atoms with Crippen LogP contribution in [0, 0.1) is 0 Å². The van der Waals surface area contributed by atoms with Gasteiger partial charge >= 0.3 is 35.8 Å².